The quantitative estimate of drug-likeness (QED) is 0.853. The van der Waals surface area contributed by atoms with Crippen LogP contribution < -0.4 is 9.62 Å². The van der Waals surface area contributed by atoms with Crippen LogP contribution in [0.15, 0.2) is 29.2 Å². The predicted octanol–water partition coefficient (Wildman–Crippen LogP) is 1.56. The van der Waals surface area contributed by atoms with Gasteiger partial charge in [-0.3, -0.25) is 14.5 Å². The Bertz CT molecular complexity index is 675. The molecule has 1 saturated carbocycles. The van der Waals surface area contributed by atoms with Crippen LogP contribution in [0.1, 0.15) is 38.5 Å². The Morgan fingerprint density at radius 3 is 2.05 bits per heavy atom. The average molecular weight is 322 g/mol. The highest BCUT2D eigenvalue weighted by molar-refractivity contribution is 7.89. The lowest BCUT2D eigenvalue weighted by atomic mass is 10.3. The molecule has 1 aromatic carbocycles. The SMILES string of the molecule is O=C1CCC(=O)N1c1ccc(S(=O)(=O)NC2CCCC2)cc1. The van der Waals surface area contributed by atoms with Gasteiger partial charge in [0.25, 0.3) is 0 Å². The molecule has 0 radical (unpaired) electrons. The highest BCUT2D eigenvalue weighted by Crippen LogP contribution is 2.25. The molecule has 3 rings (SSSR count). The highest BCUT2D eigenvalue weighted by atomic mass is 32.2. The van der Waals surface area contributed by atoms with Crippen LogP contribution >= 0.6 is 0 Å². The predicted molar refractivity (Wildman–Crippen MR) is 80.7 cm³/mol. The van der Waals surface area contributed by atoms with Crippen molar-refractivity contribution in [1.29, 1.82) is 0 Å². The largest absolute Gasteiger partial charge is 0.274 e. The van der Waals surface area contributed by atoms with Gasteiger partial charge in [-0.15, -0.1) is 0 Å². The van der Waals surface area contributed by atoms with Crippen LogP contribution in [0.4, 0.5) is 5.69 Å². The van der Waals surface area contributed by atoms with Gasteiger partial charge >= 0.3 is 0 Å². The highest BCUT2D eigenvalue weighted by Gasteiger charge is 2.30. The van der Waals surface area contributed by atoms with Crippen molar-refractivity contribution in [2.24, 2.45) is 0 Å². The van der Waals surface area contributed by atoms with Gasteiger partial charge in [0.2, 0.25) is 21.8 Å². The maximum absolute atomic E-state index is 12.3. The average Bonchev–Trinajstić information content (AvgIpc) is 3.09. The summed E-state index contributed by atoms with van der Waals surface area (Å²) in [5.41, 5.74) is 0.423. The molecule has 118 valence electrons. The number of hydrogen-bond acceptors (Lipinski definition) is 4. The van der Waals surface area contributed by atoms with Gasteiger partial charge in [0.1, 0.15) is 0 Å². The first-order valence-corrected chi connectivity index (χ1v) is 8.94. The molecule has 1 N–H and O–H groups in total. The van der Waals surface area contributed by atoms with Crippen LogP contribution in [-0.2, 0) is 19.6 Å². The summed E-state index contributed by atoms with van der Waals surface area (Å²) in [6.45, 7) is 0. The third-order valence-corrected chi connectivity index (χ3v) is 5.67. The van der Waals surface area contributed by atoms with E-state index in [1.807, 2.05) is 0 Å². The molecule has 6 nitrogen and oxygen atoms in total. The van der Waals surface area contributed by atoms with E-state index >= 15 is 0 Å². The summed E-state index contributed by atoms with van der Waals surface area (Å²) < 4.78 is 27.3. The van der Waals surface area contributed by atoms with Gasteiger partial charge in [0.05, 0.1) is 10.6 Å². The zero-order chi connectivity index (χ0) is 15.7. The Hall–Kier alpha value is -1.73. The lowest BCUT2D eigenvalue weighted by molar-refractivity contribution is -0.121. The van der Waals surface area contributed by atoms with E-state index in [0.717, 1.165) is 30.6 Å². The van der Waals surface area contributed by atoms with E-state index in [4.69, 9.17) is 0 Å². The van der Waals surface area contributed by atoms with Crippen molar-refractivity contribution in [2.75, 3.05) is 4.90 Å². The van der Waals surface area contributed by atoms with Crippen LogP contribution in [0.5, 0.6) is 0 Å². The number of carbonyl (C=O) groups excluding carboxylic acids is 2. The lowest BCUT2D eigenvalue weighted by Crippen LogP contribution is -2.32. The molecule has 0 spiro atoms. The van der Waals surface area contributed by atoms with E-state index in [1.54, 1.807) is 0 Å². The number of imide groups is 1. The van der Waals surface area contributed by atoms with Crippen molar-refractivity contribution < 1.29 is 18.0 Å². The van der Waals surface area contributed by atoms with E-state index in [0.29, 0.717) is 5.69 Å². The van der Waals surface area contributed by atoms with Crippen LogP contribution in [0.25, 0.3) is 0 Å². The summed E-state index contributed by atoms with van der Waals surface area (Å²) in [6.07, 6.45) is 4.25. The summed E-state index contributed by atoms with van der Waals surface area (Å²) in [4.78, 5) is 24.6. The minimum absolute atomic E-state index is 0.00594. The maximum atomic E-state index is 12.3. The number of sulfonamides is 1. The van der Waals surface area contributed by atoms with E-state index in [-0.39, 0.29) is 35.6 Å². The van der Waals surface area contributed by atoms with Gasteiger partial charge in [0.15, 0.2) is 0 Å². The van der Waals surface area contributed by atoms with E-state index in [1.165, 1.54) is 24.3 Å². The zero-order valence-corrected chi connectivity index (χ0v) is 12.9. The molecule has 2 amide bonds. The van der Waals surface area contributed by atoms with Gasteiger partial charge in [-0.1, -0.05) is 12.8 Å². The Labute approximate surface area is 129 Å². The normalized spacial score (nSPS) is 20.1. The fraction of sp³-hybridized carbons (Fsp3) is 0.467. The molecule has 1 heterocycles. The molecule has 2 aliphatic rings. The number of nitrogens with zero attached hydrogens (tertiary/aromatic N) is 1. The second-order valence-electron chi connectivity index (χ2n) is 5.72. The van der Waals surface area contributed by atoms with Gasteiger partial charge in [-0.25, -0.2) is 13.1 Å². The van der Waals surface area contributed by atoms with E-state index in [9.17, 15) is 18.0 Å². The molecular formula is C15H18N2O4S. The van der Waals surface area contributed by atoms with Crippen LogP contribution in [-0.4, -0.2) is 26.3 Å². The summed E-state index contributed by atoms with van der Waals surface area (Å²) in [5.74, 6) is -0.491. The van der Waals surface area contributed by atoms with E-state index in [2.05, 4.69) is 4.72 Å². The van der Waals surface area contributed by atoms with Crippen molar-refractivity contribution in [3.63, 3.8) is 0 Å². The lowest BCUT2D eigenvalue weighted by Gasteiger charge is -2.15. The maximum Gasteiger partial charge on any atom is 0.240 e. The van der Waals surface area contributed by atoms with Crippen molar-refractivity contribution >= 4 is 27.5 Å². The standard InChI is InChI=1S/C15H18N2O4S/c18-14-9-10-15(19)17(14)12-5-7-13(8-6-12)22(20,21)16-11-3-1-2-4-11/h5-8,11,16H,1-4,9-10H2. The molecule has 0 atom stereocenters. The molecule has 22 heavy (non-hydrogen) atoms. The van der Waals surface area contributed by atoms with Crippen molar-refractivity contribution in [3.8, 4) is 0 Å². The molecule has 1 aliphatic heterocycles. The molecule has 7 heteroatoms. The fourth-order valence-electron chi connectivity index (χ4n) is 2.97. The third kappa shape index (κ3) is 2.91. The molecule has 2 fully saturated rings. The number of amides is 2. The fourth-order valence-corrected chi connectivity index (χ4v) is 4.28. The monoisotopic (exact) mass is 322 g/mol. The minimum Gasteiger partial charge on any atom is -0.274 e. The minimum atomic E-state index is -3.55. The van der Waals surface area contributed by atoms with Crippen molar-refractivity contribution in [2.45, 2.75) is 49.5 Å². The number of hydrogen-bond donors (Lipinski definition) is 1. The number of anilines is 1. The topological polar surface area (TPSA) is 83.6 Å². The van der Waals surface area contributed by atoms with Gasteiger partial charge in [0, 0.05) is 18.9 Å². The molecule has 1 aromatic rings. The van der Waals surface area contributed by atoms with Gasteiger partial charge < -0.3 is 0 Å². The Morgan fingerprint density at radius 2 is 1.50 bits per heavy atom. The second-order valence-corrected chi connectivity index (χ2v) is 7.43. The first-order valence-electron chi connectivity index (χ1n) is 7.45. The van der Waals surface area contributed by atoms with Crippen molar-refractivity contribution in [3.05, 3.63) is 24.3 Å². The molecule has 0 aromatic heterocycles. The third-order valence-electron chi connectivity index (χ3n) is 4.13. The van der Waals surface area contributed by atoms with E-state index < -0.39 is 10.0 Å². The summed E-state index contributed by atoms with van der Waals surface area (Å²) in [7, 11) is -3.55. The Kier molecular flexibility index (Phi) is 4.01. The molecule has 0 unspecified atom stereocenters. The Morgan fingerprint density at radius 1 is 0.955 bits per heavy atom. The Balaban J connectivity index is 1.78. The van der Waals surface area contributed by atoms with Crippen LogP contribution in [0.2, 0.25) is 0 Å². The van der Waals surface area contributed by atoms with Gasteiger partial charge in [-0.2, -0.15) is 0 Å². The smallest absolute Gasteiger partial charge is 0.240 e. The van der Waals surface area contributed by atoms with Crippen LogP contribution in [0.3, 0.4) is 0 Å². The summed E-state index contributed by atoms with van der Waals surface area (Å²) in [5, 5.41) is 0. The van der Waals surface area contributed by atoms with Gasteiger partial charge in [-0.05, 0) is 37.1 Å². The molecule has 1 aliphatic carbocycles. The number of rotatable bonds is 4. The molecule has 0 bridgehead atoms. The van der Waals surface area contributed by atoms with Crippen molar-refractivity contribution in [1.82, 2.24) is 4.72 Å². The number of carbonyl (C=O) groups is 2. The number of nitrogens with one attached hydrogen (secondary N) is 1. The first kappa shape index (κ1) is 15.2. The molecule has 1 saturated heterocycles. The zero-order valence-electron chi connectivity index (χ0n) is 12.1. The second kappa shape index (κ2) is 5.81. The summed E-state index contributed by atoms with van der Waals surface area (Å²) in [6, 6.07) is 5.89. The molecular weight excluding hydrogens is 304 g/mol. The first-order chi connectivity index (χ1) is 10.5. The summed E-state index contributed by atoms with van der Waals surface area (Å²) >= 11 is 0. The van der Waals surface area contributed by atoms with Crippen LogP contribution in [0, 0.1) is 0 Å². The number of benzene rings is 1.